The maximum Gasteiger partial charge on any atom is 0.245 e. The number of nitrogens with one attached hydrogen (secondary N) is 2. The molecule has 1 aromatic carbocycles. The van der Waals surface area contributed by atoms with Gasteiger partial charge < -0.3 is 20.1 Å². The Morgan fingerprint density at radius 2 is 1.89 bits per heavy atom. The van der Waals surface area contributed by atoms with E-state index in [2.05, 4.69) is 21.8 Å². The van der Waals surface area contributed by atoms with Gasteiger partial charge in [-0.25, -0.2) is 0 Å². The zero-order valence-electron chi connectivity index (χ0n) is 22.2. The molecule has 0 spiro atoms. The Kier molecular flexibility index (Phi) is 8.75. The molecular weight excluding hydrogens is 488 g/mol. The third-order valence-electron chi connectivity index (χ3n) is 8.18. The molecule has 3 atom stereocenters. The molecule has 4 rings (SSSR count). The number of rotatable bonds is 9. The Labute approximate surface area is 224 Å². The molecule has 1 aliphatic carbocycles. The molecule has 2 N–H and O–H groups in total. The van der Waals surface area contributed by atoms with Gasteiger partial charge in [0.05, 0.1) is 6.04 Å². The number of likely N-dealkylation sites (N-methyl/N-ethyl adjacent to an activating group) is 1. The summed E-state index contributed by atoms with van der Waals surface area (Å²) >= 11 is 6.42. The highest BCUT2D eigenvalue weighted by molar-refractivity contribution is 6.33. The minimum absolute atomic E-state index is 0.0177. The van der Waals surface area contributed by atoms with Crippen molar-refractivity contribution in [3.8, 4) is 0 Å². The predicted octanol–water partition coefficient (Wildman–Crippen LogP) is 4.80. The van der Waals surface area contributed by atoms with Crippen LogP contribution >= 0.6 is 11.6 Å². The molecule has 1 aromatic heterocycles. The fourth-order valence-electron chi connectivity index (χ4n) is 5.89. The fraction of sp³-hybridized carbons (Fsp3) is 0.552. The minimum atomic E-state index is -0.510. The second-order valence-corrected chi connectivity index (χ2v) is 11.0. The van der Waals surface area contributed by atoms with Gasteiger partial charge in [-0.3, -0.25) is 14.4 Å². The Balaban J connectivity index is 1.62. The molecular formula is C29H39ClN4O3. The van der Waals surface area contributed by atoms with Gasteiger partial charge in [0.2, 0.25) is 11.8 Å². The molecule has 2 aromatic rings. The first-order valence-electron chi connectivity index (χ1n) is 13.5. The minimum Gasteiger partial charge on any atom is -0.345 e. The van der Waals surface area contributed by atoms with Crippen molar-refractivity contribution in [3.63, 3.8) is 0 Å². The van der Waals surface area contributed by atoms with Crippen LogP contribution in [0, 0.1) is 5.92 Å². The second-order valence-electron chi connectivity index (χ2n) is 10.6. The van der Waals surface area contributed by atoms with Crippen molar-refractivity contribution < 1.29 is 14.4 Å². The van der Waals surface area contributed by atoms with Crippen LogP contribution in [0.4, 0.5) is 0 Å². The highest BCUT2D eigenvalue weighted by Gasteiger charge is 2.38. The van der Waals surface area contributed by atoms with Crippen molar-refractivity contribution >= 4 is 46.2 Å². The van der Waals surface area contributed by atoms with Crippen LogP contribution in [-0.4, -0.2) is 58.8 Å². The first kappa shape index (κ1) is 27.4. The Bertz CT molecular complexity index is 1180. The van der Waals surface area contributed by atoms with Crippen LogP contribution in [0.15, 0.2) is 24.9 Å². The van der Waals surface area contributed by atoms with Gasteiger partial charge in [0.15, 0.2) is 5.78 Å². The van der Waals surface area contributed by atoms with E-state index in [4.69, 9.17) is 11.6 Å². The van der Waals surface area contributed by atoms with E-state index in [0.29, 0.717) is 23.7 Å². The van der Waals surface area contributed by atoms with Crippen molar-refractivity contribution in [1.29, 1.82) is 0 Å². The van der Waals surface area contributed by atoms with Crippen LogP contribution in [0.25, 0.3) is 17.0 Å². The molecule has 0 radical (unpaired) electrons. The fourth-order valence-corrected chi connectivity index (χ4v) is 6.13. The number of amides is 2. The number of likely N-dealkylation sites (tertiary alicyclic amines) is 1. The summed E-state index contributed by atoms with van der Waals surface area (Å²) in [6.07, 6.45) is 10.7. The molecule has 1 aliphatic heterocycles. The van der Waals surface area contributed by atoms with Crippen molar-refractivity contribution in [2.75, 3.05) is 13.6 Å². The average Bonchev–Trinajstić information content (AvgIpc) is 3.50. The Hall–Kier alpha value is -2.64. The van der Waals surface area contributed by atoms with E-state index >= 15 is 0 Å². The number of aromatic nitrogens is 1. The van der Waals surface area contributed by atoms with E-state index < -0.39 is 6.04 Å². The highest BCUT2D eigenvalue weighted by Crippen LogP contribution is 2.32. The van der Waals surface area contributed by atoms with Gasteiger partial charge in [-0.1, -0.05) is 43.5 Å². The SMILES string of the molecule is C=Cc1cc2c(cc1Cl)c(C(C)=O)cn2CC1CCCN1C(=O)C(NC(=O)C(C)NC)C1CCCCC1. The number of hydrogen-bond acceptors (Lipinski definition) is 4. The molecule has 1 saturated heterocycles. The van der Waals surface area contributed by atoms with Crippen LogP contribution in [0.2, 0.25) is 5.02 Å². The van der Waals surface area contributed by atoms with Crippen LogP contribution < -0.4 is 10.6 Å². The lowest BCUT2D eigenvalue weighted by atomic mass is 9.83. The summed E-state index contributed by atoms with van der Waals surface area (Å²) in [7, 11) is 1.75. The molecule has 2 heterocycles. The average molecular weight is 527 g/mol. The highest BCUT2D eigenvalue weighted by atomic mass is 35.5. The maximum absolute atomic E-state index is 14.0. The van der Waals surface area contributed by atoms with Gasteiger partial charge in [-0.2, -0.15) is 0 Å². The lowest BCUT2D eigenvalue weighted by molar-refractivity contribution is -0.139. The number of Topliss-reactive ketones (excluding diaryl/α,β-unsaturated/α-hetero) is 1. The molecule has 2 aliphatic rings. The third kappa shape index (κ3) is 5.78. The number of carbonyl (C=O) groups is 3. The van der Waals surface area contributed by atoms with Crippen LogP contribution in [-0.2, 0) is 16.1 Å². The van der Waals surface area contributed by atoms with Crippen molar-refractivity contribution in [2.24, 2.45) is 5.92 Å². The van der Waals surface area contributed by atoms with Gasteiger partial charge >= 0.3 is 0 Å². The standard InChI is InChI=1S/C29H39ClN4O3/c1-5-20-14-26-23(15-25(20)30)24(19(3)35)17-33(26)16-22-12-9-13-34(22)29(37)27(21-10-7-6-8-11-21)32-28(36)18(2)31-4/h5,14-15,17-18,21-22,27,31H,1,6-13,16H2,2-4H3,(H,32,36). The number of benzene rings is 1. The molecule has 1 saturated carbocycles. The number of fused-ring (bicyclic) bond motifs is 1. The quantitative estimate of drug-likeness (QED) is 0.459. The summed E-state index contributed by atoms with van der Waals surface area (Å²) in [5.41, 5.74) is 2.34. The summed E-state index contributed by atoms with van der Waals surface area (Å²) in [5, 5.41) is 7.45. The monoisotopic (exact) mass is 526 g/mol. The second kappa shape index (κ2) is 11.8. The van der Waals surface area contributed by atoms with E-state index in [9.17, 15) is 14.4 Å². The van der Waals surface area contributed by atoms with E-state index in [1.54, 1.807) is 20.0 Å². The molecule has 0 bridgehead atoms. The normalized spacial score (nSPS) is 20.1. The lowest BCUT2D eigenvalue weighted by Crippen LogP contribution is -2.56. The third-order valence-corrected chi connectivity index (χ3v) is 8.51. The van der Waals surface area contributed by atoms with Gasteiger partial charge in [-0.15, -0.1) is 0 Å². The van der Waals surface area contributed by atoms with Gasteiger partial charge in [-0.05, 0) is 70.2 Å². The number of hydrogen-bond donors (Lipinski definition) is 2. The number of carbonyl (C=O) groups excluding carboxylic acids is 3. The summed E-state index contributed by atoms with van der Waals surface area (Å²) in [4.78, 5) is 41.2. The molecule has 200 valence electrons. The van der Waals surface area contributed by atoms with Crippen LogP contribution in [0.1, 0.15) is 74.7 Å². The van der Waals surface area contributed by atoms with Crippen molar-refractivity contribution in [1.82, 2.24) is 20.1 Å². The zero-order valence-corrected chi connectivity index (χ0v) is 22.9. The smallest absolute Gasteiger partial charge is 0.245 e. The summed E-state index contributed by atoms with van der Waals surface area (Å²) in [6.45, 7) is 8.48. The summed E-state index contributed by atoms with van der Waals surface area (Å²) in [6, 6.07) is 2.90. The molecule has 37 heavy (non-hydrogen) atoms. The summed E-state index contributed by atoms with van der Waals surface area (Å²) < 4.78 is 2.07. The van der Waals surface area contributed by atoms with Crippen molar-refractivity contribution in [2.45, 2.75) is 83.5 Å². The Morgan fingerprint density at radius 1 is 1.16 bits per heavy atom. The Morgan fingerprint density at radius 3 is 2.54 bits per heavy atom. The zero-order chi connectivity index (χ0) is 26.7. The molecule has 2 amide bonds. The largest absolute Gasteiger partial charge is 0.345 e. The molecule has 3 unspecified atom stereocenters. The van der Waals surface area contributed by atoms with E-state index in [1.807, 2.05) is 30.2 Å². The first-order valence-corrected chi connectivity index (χ1v) is 13.9. The van der Waals surface area contributed by atoms with Gasteiger partial charge in [0, 0.05) is 46.8 Å². The van der Waals surface area contributed by atoms with Crippen molar-refractivity contribution in [3.05, 3.63) is 41.1 Å². The topological polar surface area (TPSA) is 83.4 Å². The molecule has 7 nitrogen and oxygen atoms in total. The molecule has 8 heteroatoms. The number of ketones is 1. The predicted molar refractivity (Wildman–Crippen MR) is 149 cm³/mol. The summed E-state index contributed by atoms with van der Waals surface area (Å²) in [5.74, 6) is 0.0106. The van der Waals surface area contributed by atoms with E-state index in [-0.39, 0.29) is 35.6 Å². The number of halogens is 1. The van der Waals surface area contributed by atoms with Crippen LogP contribution in [0.3, 0.4) is 0 Å². The van der Waals surface area contributed by atoms with E-state index in [0.717, 1.165) is 55.0 Å². The number of nitrogens with zero attached hydrogens (tertiary/aromatic N) is 2. The van der Waals surface area contributed by atoms with Crippen LogP contribution in [0.5, 0.6) is 0 Å². The van der Waals surface area contributed by atoms with Gasteiger partial charge in [0.25, 0.3) is 0 Å². The molecule has 2 fully saturated rings. The van der Waals surface area contributed by atoms with E-state index in [1.165, 1.54) is 6.42 Å². The first-order chi connectivity index (χ1) is 17.7. The lowest BCUT2D eigenvalue weighted by Gasteiger charge is -2.35. The van der Waals surface area contributed by atoms with Gasteiger partial charge in [0.1, 0.15) is 6.04 Å². The maximum atomic E-state index is 14.0.